The zero-order valence-corrected chi connectivity index (χ0v) is 17.4. The summed E-state index contributed by atoms with van der Waals surface area (Å²) in [6.45, 7) is 2.74. The van der Waals surface area contributed by atoms with Gasteiger partial charge in [-0.25, -0.2) is 4.79 Å². The van der Waals surface area contributed by atoms with Gasteiger partial charge >= 0.3 is 6.03 Å². The van der Waals surface area contributed by atoms with E-state index in [0.29, 0.717) is 9.90 Å². The highest BCUT2D eigenvalue weighted by atomic mass is 35.5. The highest BCUT2D eigenvalue weighted by molar-refractivity contribution is 7.21. The summed E-state index contributed by atoms with van der Waals surface area (Å²) in [5.41, 5.74) is 1.29. The smallest absolute Gasteiger partial charge is 0.321 e. The minimum Gasteiger partial charge on any atom is -0.335 e. The molecule has 0 atom stereocenters. The van der Waals surface area contributed by atoms with Crippen molar-refractivity contribution >= 4 is 45.0 Å². The average molecular weight is 428 g/mol. The van der Waals surface area contributed by atoms with Crippen LogP contribution in [0.1, 0.15) is 28.1 Å². The number of amides is 3. The number of carbonyl (C=O) groups is 2. The van der Waals surface area contributed by atoms with Crippen LogP contribution in [0.5, 0.6) is 0 Å². The van der Waals surface area contributed by atoms with Crippen molar-refractivity contribution < 1.29 is 9.59 Å². The monoisotopic (exact) mass is 427 g/mol. The number of hydrogen-bond donors (Lipinski definition) is 2. The van der Waals surface area contributed by atoms with Crippen LogP contribution in [-0.2, 0) is 6.54 Å². The number of benzene rings is 2. The minimum absolute atomic E-state index is 0.0627. The summed E-state index contributed by atoms with van der Waals surface area (Å²) in [5.74, 6) is -0.463. The van der Waals surface area contributed by atoms with Crippen LogP contribution < -0.4 is 10.6 Å². The van der Waals surface area contributed by atoms with Gasteiger partial charge in [-0.2, -0.15) is 0 Å². The van der Waals surface area contributed by atoms with Crippen molar-refractivity contribution in [3.8, 4) is 0 Å². The van der Waals surface area contributed by atoms with E-state index in [1.807, 2.05) is 42.5 Å². The average Bonchev–Trinajstić information content (AvgIpc) is 3.07. The maximum Gasteiger partial charge on any atom is 0.321 e. The summed E-state index contributed by atoms with van der Waals surface area (Å²) in [5, 5.41) is 6.56. The van der Waals surface area contributed by atoms with Crippen LogP contribution in [0.15, 0.2) is 54.6 Å². The third-order valence-corrected chi connectivity index (χ3v) is 6.81. The number of nitrogens with zero attached hydrogens (tertiary/aromatic N) is 1. The number of nitrogens with one attached hydrogen (secondary N) is 2. The summed E-state index contributed by atoms with van der Waals surface area (Å²) in [7, 11) is 0. The van der Waals surface area contributed by atoms with Crippen molar-refractivity contribution in [1.29, 1.82) is 0 Å². The Morgan fingerprint density at radius 2 is 1.72 bits per heavy atom. The van der Waals surface area contributed by atoms with Gasteiger partial charge in [-0.1, -0.05) is 60.1 Å². The zero-order valence-electron chi connectivity index (χ0n) is 15.9. The highest BCUT2D eigenvalue weighted by Gasteiger charge is 2.23. The van der Waals surface area contributed by atoms with Gasteiger partial charge in [0.15, 0.2) is 0 Å². The number of urea groups is 1. The molecule has 0 radical (unpaired) electrons. The van der Waals surface area contributed by atoms with E-state index < -0.39 is 11.9 Å². The van der Waals surface area contributed by atoms with Gasteiger partial charge in [0.1, 0.15) is 4.88 Å². The highest BCUT2D eigenvalue weighted by Crippen LogP contribution is 2.34. The van der Waals surface area contributed by atoms with E-state index in [-0.39, 0.29) is 6.04 Å². The number of likely N-dealkylation sites (tertiary alicyclic amines) is 1. The molecule has 3 aromatic rings. The predicted octanol–water partition coefficient (Wildman–Crippen LogP) is 4.66. The molecule has 150 valence electrons. The number of thiophene rings is 1. The van der Waals surface area contributed by atoms with Crippen molar-refractivity contribution in [1.82, 2.24) is 15.5 Å². The Bertz CT molecular complexity index is 1010. The molecule has 1 aliphatic rings. The molecule has 0 spiro atoms. The molecule has 1 fully saturated rings. The van der Waals surface area contributed by atoms with Crippen LogP contribution in [0.2, 0.25) is 5.02 Å². The Morgan fingerprint density at radius 1 is 1.03 bits per heavy atom. The zero-order chi connectivity index (χ0) is 20.2. The fourth-order valence-corrected chi connectivity index (χ4v) is 5.03. The number of halogens is 1. The van der Waals surface area contributed by atoms with Gasteiger partial charge in [-0.3, -0.25) is 15.0 Å². The topological polar surface area (TPSA) is 61.4 Å². The summed E-state index contributed by atoms with van der Waals surface area (Å²) in [6, 6.07) is 17.5. The first kappa shape index (κ1) is 19.9. The first-order chi connectivity index (χ1) is 14.1. The molecule has 1 aromatic heterocycles. The number of rotatable bonds is 4. The molecule has 2 N–H and O–H groups in total. The Balaban J connectivity index is 1.27. The maximum absolute atomic E-state index is 12.5. The van der Waals surface area contributed by atoms with E-state index in [9.17, 15) is 9.59 Å². The van der Waals surface area contributed by atoms with Gasteiger partial charge in [-0.15, -0.1) is 11.3 Å². The van der Waals surface area contributed by atoms with Crippen molar-refractivity contribution in [2.75, 3.05) is 13.1 Å². The summed E-state index contributed by atoms with van der Waals surface area (Å²) >= 11 is 7.61. The number of piperidine rings is 1. The van der Waals surface area contributed by atoms with Gasteiger partial charge in [0, 0.05) is 35.8 Å². The van der Waals surface area contributed by atoms with Crippen LogP contribution in [0.3, 0.4) is 0 Å². The van der Waals surface area contributed by atoms with Gasteiger partial charge < -0.3 is 5.32 Å². The molecule has 3 amide bonds. The lowest BCUT2D eigenvalue weighted by Crippen LogP contribution is -2.48. The van der Waals surface area contributed by atoms with Gasteiger partial charge in [0.05, 0.1) is 5.02 Å². The Kier molecular flexibility index (Phi) is 6.13. The molecule has 2 heterocycles. The molecular formula is C22H22ClN3O2S. The summed E-state index contributed by atoms with van der Waals surface area (Å²) in [4.78, 5) is 27.5. The van der Waals surface area contributed by atoms with E-state index in [4.69, 9.17) is 11.6 Å². The molecule has 0 saturated carbocycles. The maximum atomic E-state index is 12.5. The van der Waals surface area contributed by atoms with Crippen molar-refractivity contribution in [3.63, 3.8) is 0 Å². The molecule has 1 saturated heterocycles. The molecule has 7 heteroatoms. The first-order valence-corrected chi connectivity index (χ1v) is 10.8. The van der Waals surface area contributed by atoms with E-state index in [0.717, 1.165) is 42.6 Å². The SMILES string of the molecule is O=C(NC(=O)c1sc2ccccc2c1Cl)NC1CCN(Cc2ccccc2)CC1. The lowest BCUT2D eigenvalue weighted by atomic mass is 10.0. The molecule has 5 nitrogen and oxygen atoms in total. The fraction of sp³-hybridized carbons (Fsp3) is 0.273. The van der Waals surface area contributed by atoms with E-state index in [2.05, 4.69) is 27.7 Å². The van der Waals surface area contributed by atoms with Gasteiger partial charge in [0.25, 0.3) is 5.91 Å². The lowest BCUT2D eigenvalue weighted by Gasteiger charge is -2.32. The second kappa shape index (κ2) is 8.95. The van der Waals surface area contributed by atoms with Crippen LogP contribution >= 0.6 is 22.9 Å². The second-order valence-electron chi connectivity index (χ2n) is 7.20. The predicted molar refractivity (Wildman–Crippen MR) is 118 cm³/mol. The molecule has 1 aliphatic heterocycles. The normalized spacial score (nSPS) is 15.3. The van der Waals surface area contributed by atoms with Crippen molar-refractivity contribution in [3.05, 3.63) is 70.1 Å². The first-order valence-electron chi connectivity index (χ1n) is 9.65. The van der Waals surface area contributed by atoms with Crippen LogP contribution in [-0.4, -0.2) is 36.0 Å². The number of fused-ring (bicyclic) bond motifs is 1. The molecular weight excluding hydrogens is 406 g/mol. The lowest BCUT2D eigenvalue weighted by molar-refractivity contribution is 0.0966. The van der Waals surface area contributed by atoms with Crippen LogP contribution in [0.4, 0.5) is 4.79 Å². The van der Waals surface area contributed by atoms with Crippen LogP contribution in [0.25, 0.3) is 10.1 Å². The molecule has 0 aliphatic carbocycles. The quantitative estimate of drug-likeness (QED) is 0.636. The third-order valence-electron chi connectivity index (χ3n) is 5.14. The number of imide groups is 1. The van der Waals surface area contributed by atoms with E-state index in [1.54, 1.807) is 0 Å². The van der Waals surface area contributed by atoms with Crippen molar-refractivity contribution in [2.45, 2.75) is 25.4 Å². The van der Waals surface area contributed by atoms with E-state index in [1.165, 1.54) is 16.9 Å². The molecule has 0 bridgehead atoms. The summed E-state index contributed by atoms with van der Waals surface area (Å²) in [6.07, 6.45) is 1.72. The van der Waals surface area contributed by atoms with Crippen molar-refractivity contribution in [2.24, 2.45) is 0 Å². The fourth-order valence-electron chi connectivity index (χ4n) is 3.62. The second-order valence-corrected chi connectivity index (χ2v) is 8.64. The Labute approximate surface area is 178 Å². The van der Waals surface area contributed by atoms with Gasteiger partial charge in [0.2, 0.25) is 0 Å². The van der Waals surface area contributed by atoms with E-state index >= 15 is 0 Å². The Morgan fingerprint density at radius 3 is 2.45 bits per heavy atom. The van der Waals surface area contributed by atoms with Crippen LogP contribution in [0, 0.1) is 0 Å². The largest absolute Gasteiger partial charge is 0.335 e. The molecule has 0 unspecified atom stereocenters. The molecule has 29 heavy (non-hydrogen) atoms. The molecule has 4 rings (SSSR count). The standard InChI is InChI=1S/C22H22ClN3O2S/c23-19-17-8-4-5-9-18(17)29-20(19)21(27)25-22(28)24-16-10-12-26(13-11-16)14-15-6-2-1-3-7-15/h1-9,16H,10-14H2,(H2,24,25,27,28). The molecule has 2 aromatic carbocycles. The van der Waals surface area contributed by atoms with Gasteiger partial charge in [-0.05, 0) is 24.5 Å². The summed E-state index contributed by atoms with van der Waals surface area (Å²) < 4.78 is 0.925. The number of carbonyl (C=O) groups excluding carboxylic acids is 2. The Hall–Kier alpha value is -2.41. The minimum atomic E-state index is -0.468. The third kappa shape index (κ3) is 4.78. The number of hydrogen-bond acceptors (Lipinski definition) is 4.